The van der Waals surface area contributed by atoms with Crippen LogP contribution in [-0.2, 0) is 16.0 Å². The Morgan fingerprint density at radius 2 is 2.00 bits per heavy atom. The van der Waals surface area contributed by atoms with Gasteiger partial charge >= 0.3 is 6.18 Å². The normalized spacial score (nSPS) is 12.6. The van der Waals surface area contributed by atoms with Crippen molar-refractivity contribution < 1.29 is 21.6 Å². The molecule has 0 saturated carbocycles. The van der Waals surface area contributed by atoms with Crippen molar-refractivity contribution in [2.75, 3.05) is 5.75 Å². The van der Waals surface area contributed by atoms with Crippen molar-refractivity contribution in [1.29, 1.82) is 0 Å². The maximum Gasteiger partial charge on any atom is 0.433 e. The SMILES string of the molecule is CCS(=O)(=O)c1nc(-c2cccs2)cc(C(F)(F)F)n1. The van der Waals surface area contributed by atoms with E-state index in [1.54, 1.807) is 17.5 Å². The van der Waals surface area contributed by atoms with Crippen LogP contribution in [0.15, 0.2) is 28.7 Å². The molecule has 0 aliphatic carbocycles. The molecule has 2 aromatic rings. The van der Waals surface area contributed by atoms with Crippen LogP contribution in [-0.4, -0.2) is 24.1 Å². The Morgan fingerprint density at radius 3 is 2.50 bits per heavy atom. The second-order valence-electron chi connectivity index (χ2n) is 3.80. The van der Waals surface area contributed by atoms with Gasteiger partial charge < -0.3 is 0 Å². The van der Waals surface area contributed by atoms with E-state index in [0.29, 0.717) is 4.88 Å². The van der Waals surface area contributed by atoms with Gasteiger partial charge in [-0.05, 0) is 17.5 Å². The lowest BCUT2D eigenvalue weighted by Gasteiger charge is -2.09. The average Bonchev–Trinajstić information content (AvgIpc) is 2.91. The zero-order valence-electron chi connectivity index (χ0n) is 10.2. The molecule has 108 valence electrons. The molecule has 0 aliphatic heterocycles. The molecule has 20 heavy (non-hydrogen) atoms. The van der Waals surface area contributed by atoms with E-state index >= 15 is 0 Å². The summed E-state index contributed by atoms with van der Waals surface area (Å²) in [4.78, 5) is 7.33. The van der Waals surface area contributed by atoms with Gasteiger partial charge in [-0.15, -0.1) is 11.3 Å². The number of rotatable bonds is 3. The molecule has 0 radical (unpaired) electrons. The minimum Gasteiger partial charge on any atom is -0.220 e. The standard InChI is InChI=1S/C11H9F3N2O2S2/c1-2-20(17,18)10-15-7(8-4-3-5-19-8)6-9(16-10)11(12,13)14/h3-6H,2H2,1H3. The molecule has 0 saturated heterocycles. The van der Waals surface area contributed by atoms with Crippen molar-refractivity contribution in [1.82, 2.24) is 9.97 Å². The van der Waals surface area contributed by atoms with Gasteiger partial charge in [-0.3, -0.25) is 0 Å². The zero-order chi connectivity index (χ0) is 15.0. The molecule has 2 rings (SSSR count). The summed E-state index contributed by atoms with van der Waals surface area (Å²) in [5.74, 6) is -0.363. The van der Waals surface area contributed by atoms with Crippen LogP contribution in [0, 0.1) is 0 Å². The zero-order valence-corrected chi connectivity index (χ0v) is 11.8. The van der Waals surface area contributed by atoms with Gasteiger partial charge in [0.1, 0.15) is 5.69 Å². The summed E-state index contributed by atoms with van der Waals surface area (Å²) in [5.41, 5.74) is -1.31. The predicted octanol–water partition coefficient (Wildman–Crippen LogP) is 3.02. The molecule has 9 heteroatoms. The van der Waals surface area contributed by atoms with Gasteiger partial charge in [0.05, 0.1) is 16.3 Å². The fourth-order valence-corrected chi connectivity index (χ4v) is 2.81. The van der Waals surface area contributed by atoms with Crippen LogP contribution in [0.2, 0.25) is 0 Å². The summed E-state index contributed by atoms with van der Waals surface area (Å²) < 4.78 is 61.8. The van der Waals surface area contributed by atoms with Crippen LogP contribution in [0.25, 0.3) is 10.6 Å². The van der Waals surface area contributed by atoms with E-state index in [1.165, 1.54) is 18.3 Å². The first-order valence-corrected chi connectivity index (χ1v) is 8.00. The van der Waals surface area contributed by atoms with Crippen molar-refractivity contribution in [2.45, 2.75) is 18.3 Å². The lowest BCUT2D eigenvalue weighted by Crippen LogP contribution is -2.15. The van der Waals surface area contributed by atoms with Crippen molar-refractivity contribution in [2.24, 2.45) is 0 Å². The highest BCUT2D eigenvalue weighted by atomic mass is 32.2. The van der Waals surface area contributed by atoms with E-state index < -0.39 is 26.9 Å². The first kappa shape index (κ1) is 14.9. The number of sulfone groups is 1. The average molecular weight is 322 g/mol. The molecule has 0 unspecified atom stereocenters. The first-order chi connectivity index (χ1) is 9.24. The number of halogens is 3. The fraction of sp³-hybridized carbons (Fsp3) is 0.273. The summed E-state index contributed by atoms with van der Waals surface area (Å²) in [6.07, 6.45) is -4.73. The number of alkyl halides is 3. The quantitative estimate of drug-likeness (QED) is 0.815. The maximum absolute atomic E-state index is 12.8. The third kappa shape index (κ3) is 2.98. The molecule has 2 heterocycles. The van der Waals surface area contributed by atoms with Crippen molar-refractivity contribution >= 4 is 21.2 Å². The van der Waals surface area contributed by atoms with Crippen LogP contribution < -0.4 is 0 Å². The number of hydrogen-bond donors (Lipinski definition) is 0. The highest BCUT2D eigenvalue weighted by Crippen LogP contribution is 2.32. The van der Waals surface area contributed by atoms with Gasteiger partial charge in [-0.1, -0.05) is 13.0 Å². The largest absolute Gasteiger partial charge is 0.433 e. The van der Waals surface area contributed by atoms with Crippen LogP contribution in [0.1, 0.15) is 12.6 Å². The second kappa shape index (κ2) is 5.13. The third-order valence-corrected chi connectivity index (χ3v) is 4.82. The smallest absolute Gasteiger partial charge is 0.220 e. The van der Waals surface area contributed by atoms with Gasteiger partial charge in [0.25, 0.3) is 0 Å². The van der Waals surface area contributed by atoms with Gasteiger partial charge in [-0.2, -0.15) is 13.2 Å². The lowest BCUT2D eigenvalue weighted by molar-refractivity contribution is -0.141. The van der Waals surface area contributed by atoms with Crippen LogP contribution in [0.3, 0.4) is 0 Å². The molecule has 0 fully saturated rings. The van der Waals surface area contributed by atoms with Gasteiger partial charge in [0.2, 0.25) is 15.0 Å². The summed E-state index contributed by atoms with van der Waals surface area (Å²) in [7, 11) is -3.91. The van der Waals surface area contributed by atoms with Crippen molar-refractivity contribution in [3.63, 3.8) is 0 Å². The summed E-state index contributed by atoms with van der Waals surface area (Å²) >= 11 is 1.17. The Hall–Kier alpha value is -1.48. The molecule has 4 nitrogen and oxygen atoms in total. The second-order valence-corrected chi connectivity index (χ2v) is 6.92. The van der Waals surface area contributed by atoms with Crippen LogP contribution in [0.4, 0.5) is 13.2 Å². The molecule has 2 aromatic heterocycles. The molecule has 0 spiro atoms. The van der Waals surface area contributed by atoms with Gasteiger partial charge in [0, 0.05) is 0 Å². The summed E-state index contributed by atoms with van der Waals surface area (Å²) in [6.45, 7) is 1.32. The number of aromatic nitrogens is 2. The van der Waals surface area contributed by atoms with Crippen molar-refractivity contribution in [3.05, 3.63) is 29.3 Å². The maximum atomic E-state index is 12.8. The monoisotopic (exact) mass is 322 g/mol. The third-order valence-electron chi connectivity index (χ3n) is 2.43. The predicted molar refractivity (Wildman–Crippen MR) is 68.1 cm³/mol. The van der Waals surface area contributed by atoms with E-state index in [2.05, 4.69) is 9.97 Å². The Kier molecular flexibility index (Phi) is 3.83. The van der Waals surface area contributed by atoms with E-state index in [0.717, 1.165) is 6.07 Å². The molecule has 0 atom stereocenters. The number of thiophene rings is 1. The van der Waals surface area contributed by atoms with Crippen LogP contribution >= 0.6 is 11.3 Å². The Balaban J connectivity index is 2.69. The Labute approximate surface area is 117 Å². The topological polar surface area (TPSA) is 59.9 Å². The minimum absolute atomic E-state index is 0.0469. The molecule has 0 aromatic carbocycles. The molecular formula is C11H9F3N2O2S2. The Morgan fingerprint density at radius 1 is 1.30 bits per heavy atom. The van der Waals surface area contributed by atoms with E-state index in [-0.39, 0.29) is 11.4 Å². The highest BCUT2D eigenvalue weighted by molar-refractivity contribution is 7.91. The lowest BCUT2D eigenvalue weighted by atomic mass is 10.3. The highest BCUT2D eigenvalue weighted by Gasteiger charge is 2.35. The van der Waals surface area contributed by atoms with Gasteiger partial charge in [-0.25, -0.2) is 18.4 Å². The fourth-order valence-electron chi connectivity index (χ4n) is 1.39. The number of nitrogens with zero attached hydrogens (tertiary/aromatic N) is 2. The first-order valence-electron chi connectivity index (χ1n) is 5.47. The van der Waals surface area contributed by atoms with E-state index in [4.69, 9.17) is 0 Å². The summed E-state index contributed by atoms with van der Waals surface area (Å²) in [5, 5.41) is 0.872. The minimum atomic E-state index is -4.73. The van der Waals surface area contributed by atoms with Crippen LogP contribution in [0.5, 0.6) is 0 Å². The van der Waals surface area contributed by atoms with E-state index in [1.807, 2.05) is 0 Å². The van der Waals surface area contributed by atoms with Crippen molar-refractivity contribution in [3.8, 4) is 10.6 Å². The Bertz CT molecular complexity index is 710. The van der Waals surface area contributed by atoms with E-state index in [9.17, 15) is 21.6 Å². The molecule has 0 bridgehead atoms. The van der Waals surface area contributed by atoms with Gasteiger partial charge in [0.15, 0.2) is 0 Å². The molecular weight excluding hydrogens is 313 g/mol. The number of hydrogen-bond acceptors (Lipinski definition) is 5. The molecule has 0 amide bonds. The molecule has 0 aliphatic rings. The summed E-state index contributed by atoms with van der Waals surface area (Å²) in [6, 6.07) is 3.96. The molecule has 0 N–H and O–H groups in total.